The summed E-state index contributed by atoms with van der Waals surface area (Å²) in [4.78, 5) is 21.7. The molecule has 1 aromatic carbocycles. The first-order valence-electron chi connectivity index (χ1n) is 6.18. The monoisotopic (exact) mass is 283 g/mol. The number of nitrogens with zero attached hydrogens (tertiary/aromatic N) is 1. The molecule has 0 unspecified atom stereocenters. The van der Waals surface area contributed by atoms with E-state index in [1.807, 2.05) is 20.8 Å². The number of hydrogen-bond donors (Lipinski definition) is 2. The van der Waals surface area contributed by atoms with Crippen LogP contribution in [-0.2, 0) is 4.79 Å². The zero-order valence-corrected chi connectivity index (χ0v) is 11.7. The fraction of sp³-hybridized carbons (Fsp3) is 0.462. The van der Waals surface area contributed by atoms with E-state index in [9.17, 15) is 19.3 Å². The zero-order valence-electron chi connectivity index (χ0n) is 11.7. The quantitative estimate of drug-likeness (QED) is 0.642. The largest absolute Gasteiger partial charge is 0.320 e. The lowest BCUT2D eigenvalue weighted by molar-refractivity contribution is -0.384. The van der Waals surface area contributed by atoms with Crippen molar-refractivity contribution in [1.82, 2.24) is 5.32 Å². The normalized spacial score (nSPS) is 11.2. The molecule has 1 aromatic rings. The van der Waals surface area contributed by atoms with Gasteiger partial charge in [-0.1, -0.05) is 0 Å². The van der Waals surface area contributed by atoms with Crippen LogP contribution in [0.1, 0.15) is 27.2 Å². The van der Waals surface area contributed by atoms with E-state index in [0.717, 1.165) is 12.1 Å². The summed E-state index contributed by atoms with van der Waals surface area (Å²) in [5, 5.41) is 16.3. The average molecular weight is 283 g/mol. The van der Waals surface area contributed by atoms with Crippen molar-refractivity contribution >= 4 is 17.3 Å². The van der Waals surface area contributed by atoms with Gasteiger partial charge in [-0.2, -0.15) is 0 Å². The second-order valence-electron chi connectivity index (χ2n) is 5.39. The van der Waals surface area contributed by atoms with Crippen molar-refractivity contribution < 1.29 is 14.1 Å². The molecule has 0 aliphatic carbocycles. The van der Waals surface area contributed by atoms with Crippen LogP contribution >= 0.6 is 0 Å². The molecule has 0 aromatic heterocycles. The molecule has 0 saturated carbocycles. The highest BCUT2D eigenvalue weighted by Gasteiger charge is 2.17. The Labute approximate surface area is 116 Å². The van der Waals surface area contributed by atoms with Crippen LogP contribution in [0.5, 0.6) is 0 Å². The van der Waals surface area contributed by atoms with Crippen LogP contribution in [0.3, 0.4) is 0 Å². The highest BCUT2D eigenvalue weighted by molar-refractivity contribution is 5.93. The van der Waals surface area contributed by atoms with Gasteiger partial charge >= 0.3 is 0 Å². The smallest absolute Gasteiger partial charge is 0.295 e. The maximum absolute atomic E-state index is 13.0. The summed E-state index contributed by atoms with van der Waals surface area (Å²) in [6.07, 6.45) is 0.172. The van der Waals surface area contributed by atoms with E-state index in [4.69, 9.17) is 0 Å². The molecule has 0 aliphatic rings. The maximum Gasteiger partial charge on any atom is 0.295 e. The molecule has 6 nitrogen and oxygen atoms in total. The lowest BCUT2D eigenvalue weighted by Crippen LogP contribution is -2.37. The third-order valence-corrected chi connectivity index (χ3v) is 2.44. The van der Waals surface area contributed by atoms with E-state index < -0.39 is 16.4 Å². The second kappa shape index (κ2) is 6.42. The number of nitro groups is 1. The van der Waals surface area contributed by atoms with Gasteiger partial charge in [0.05, 0.1) is 11.0 Å². The highest BCUT2D eigenvalue weighted by Crippen LogP contribution is 2.24. The molecule has 7 heteroatoms. The molecule has 0 heterocycles. The first-order valence-corrected chi connectivity index (χ1v) is 6.18. The summed E-state index contributed by atoms with van der Waals surface area (Å²) in [6, 6.07) is 3.03. The van der Waals surface area contributed by atoms with Gasteiger partial charge in [0.15, 0.2) is 0 Å². The molecule has 0 spiro atoms. The molecule has 2 N–H and O–H groups in total. The number of nitro benzene ring substituents is 1. The van der Waals surface area contributed by atoms with E-state index in [0.29, 0.717) is 6.54 Å². The Morgan fingerprint density at radius 3 is 2.60 bits per heavy atom. The molecule has 0 fully saturated rings. The number of nitrogens with one attached hydrogen (secondary N) is 2. The Hall–Kier alpha value is -2.02. The maximum atomic E-state index is 13.0. The lowest BCUT2D eigenvalue weighted by Gasteiger charge is -2.20. The van der Waals surface area contributed by atoms with E-state index in [-0.39, 0.29) is 23.6 Å². The molecule has 0 bridgehead atoms. The van der Waals surface area contributed by atoms with Crippen molar-refractivity contribution in [3.63, 3.8) is 0 Å². The fourth-order valence-corrected chi connectivity index (χ4v) is 1.53. The van der Waals surface area contributed by atoms with E-state index in [1.165, 1.54) is 6.07 Å². The number of rotatable bonds is 5. The van der Waals surface area contributed by atoms with Gasteiger partial charge in [0.1, 0.15) is 11.5 Å². The van der Waals surface area contributed by atoms with Gasteiger partial charge < -0.3 is 10.6 Å². The van der Waals surface area contributed by atoms with Crippen molar-refractivity contribution in [2.45, 2.75) is 32.7 Å². The Morgan fingerprint density at radius 1 is 1.40 bits per heavy atom. The summed E-state index contributed by atoms with van der Waals surface area (Å²) in [5.74, 6) is -1.08. The first kappa shape index (κ1) is 16.0. The number of benzene rings is 1. The molecular formula is C13H18FN3O3. The number of hydrogen-bond acceptors (Lipinski definition) is 4. The van der Waals surface area contributed by atoms with Crippen LogP contribution in [0.25, 0.3) is 0 Å². The minimum absolute atomic E-state index is 0.00263. The molecule has 0 saturated heterocycles. The van der Waals surface area contributed by atoms with Crippen LogP contribution in [0, 0.1) is 15.9 Å². The van der Waals surface area contributed by atoms with Crippen LogP contribution < -0.4 is 10.6 Å². The molecule has 110 valence electrons. The summed E-state index contributed by atoms with van der Waals surface area (Å²) >= 11 is 0. The number of anilines is 1. The minimum Gasteiger partial charge on any atom is -0.320 e. The van der Waals surface area contributed by atoms with Crippen LogP contribution in [0.2, 0.25) is 0 Å². The molecule has 1 amide bonds. The predicted molar refractivity (Wildman–Crippen MR) is 74.1 cm³/mol. The van der Waals surface area contributed by atoms with E-state index in [1.54, 1.807) is 0 Å². The van der Waals surface area contributed by atoms with Gasteiger partial charge in [-0.15, -0.1) is 0 Å². The SMILES string of the molecule is CC(C)(C)NCCC(=O)Nc1ccc(F)cc1[N+](=O)[O-]. The number of halogens is 1. The van der Waals surface area contributed by atoms with E-state index >= 15 is 0 Å². The summed E-state index contributed by atoms with van der Waals surface area (Å²) in [5.41, 5.74) is -0.568. The van der Waals surface area contributed by atoms with Crippen LogP contribution in [0.15, 0.2) is 18.2 Å². The van der Waals surface area contributed by atoms with Crippen LogP contribution in [0.4, 0.5) is 15.8 Å². The summed E-state index contributed by atoms with van der Waals surface area (Å²) in [7, 11) is 0. The number of amides is 1. The third-order valence-electron chi connectivity index (χ3n) is 2.44. The molecule has 0 atom stereocenters. The summed E-state index contributed by atoms with van der Waals surface area (Å²) < 4.78 is 13.0. The molecular weight excluding hydrogens is 265 g/mol. The van der Waals surface area contributed by atoms with Gasteiger partial charge in [-0.3, -0.25) is 14.9 Å². The van der Waals surface area contributed by atoms with Gasteiger partial charge in [0.2, 0.25) is 5.91 Å². The first-order chi connectivity index (χ1) is 9.19. The van der Waals surface area contributed by atoms with Gasteiger partial charge in [0.25, 0.3) is 5.69 Å². The van der Waals surface area contributed by atoms with Gasteiger partial charge in [-0.05, 0) is 32.9 Å². The van der Waals surface area contributed by atoms with Gasteiger partial charge in [-0.25, -0.2) is 4.39 Å². The van der Waals surface area contributed by atoms with Crippen molar-refractivity contribution in [3.8, 4) is 0 Å². The second-order valence-corrected chi connectivity index (χ2v) is 5.39. The van der Waals surface area contributed by atoms with Gasteiger partial charge in [0, 0.05) is 18.5 Å². The average Bonchev–Trinajstić information content (AvgIpc) is 2.29. The summed E-state index contributed by atoms with van der Waals surface area (Å²) in [6.45, 7) is 6.35. The van der Waals surface area contributed by atoms with Crippen molar-refractivity contribution in [1.29, 1.82) is 0 Å². The van der Waals surface area contributed by atoms with Crippen molar-refractivity contribution in [2.24, 2.45) is 0 Å². The minimum atomic E-state index is -0.730. The highest BCUT2D eigenvalue weighted by atomic mass is 19.1. The van der Waals surface area contributed by atoms with Crippen LogP contribution in [-0.4, -0.2) is 22.9 Å². The van der Waals surface area contributed by atoms with Crippen molar-refractivity contribution in [2.75, 3.05) is 11.9 Å². The number of carbonyl (C=O) groups excluding carboxylic acids is 1. The Bertz CT molecular complexity index is 512. The Kier molecular flexibility index (Phi) is 5.15. The zero-order chi connectivity index (χ0) is 15.3. The molecule has 0 radical (unpaired) electrons. The molecule has 0 aliphatic heterocycles. The Morgan fingerprint density at radius 2 is 2.05 bits per heavy atom. The third kappa shape index (κ3) is 5.31. The lowest BCUT2D eigenvalue weighted by atomic mass is 10.1. The van der Waals surface area contributed by atoms with Crippen molar-refractivity contribution in [3.05, 3.63) is 34.1 Å². The fourth-order valence-electron chi connectivity index (χ4n) is 1.53. The molecule has 1 rings (SSSR count). The van der Waals surface area contributed by atoms with E-state index in [2.05, 4.69) is 10.6 Å². The Balaban J connectivity index is 2.64. The standard InChI is InChI=1S/C13H18FN3O3/c1-13(2,3)15-7-6-12(18)16-10-5-4-9(14)8-11(10)17(19)20/h4-5,8,15H,6-7H2,1-3H3,(H,16,18). The predicted octanol–water partition coefficient (Wildman–Crippen LogP) is 2.45. The topological polar surface area (TPSA) is 84.3 Å². The molecule has 20 heavy (non-hydrogen) atoms. The number of carbonyl (C=O) groups is 1.